The summed E-state index contributed by atoms with van der Waals surface area (Å²) in [5.74, 6) is 2.86. The number of carbonyl (C=O) groups excluding carboxylic acids is 1. The first-order valence-corrected chi connectivity index (χ1v) is 10.2. The Morgan fingerprint density at radius 3 is 2.09 bits per heavy atom. The lowest BCUT2D eigenvalue weighted by Gasteiger charge is -2.42. The van der Waals surface area contributed by atoms with Crippen molar-refractivity contribution in [3.05, 3.63) is 0 Å². The second-order valence-corrected chi connectivity index (χ2v) is 8.26. The van der Waals surface area contributed by atoms with Gasteiger partial charge in [0.15, 0.2) is 0 Å². The predicted octanol–water partition coefficient (Wildman–Crippen LogP) is 6.13. The molecule has 0 radical (unpaired) electrons. The minimum atomic E-state index is -0.152. The van der Waals surface area contributed by atoms with Gasteiger partial charge in [0.1, 0.15) is 0 Å². The molecule has 0 heterocycles. The fraction of sp³-hybridized carbons (Fsp3) is 0.952. The topological polar surface area (TPSA) is 26.3 Å². The normalized spacial score (nSPS) is 35.0. The maximum absolute atomic E-state index is 12.4. The van der Waals surface area contributed by atoms with Gasteiger partial charge >= 0.3 is 5.97 Å². The van der Waals surface area contributed by atoms with Crippen LogP contribution in [0.3, 0.4) is 0 Å². The molecular weight excluding hydrogens is 284 g/mol. The van der Waals surface area contributed by atoms with Gasteiger partial charge in [-0.2, -0.15) is 0 Å². The molecule has 2 aliphatic carbocycles. The third-order valence-electron chi connectivity index (χ3n) is 7.00. The van der Waals surface area contributed by atoms with E-state index < -0.39 is 0 Å². The van der Waals surface area contributed by atoms with Crippen molar-refractivity contribution in [2.75, 3.05) is 7.11 Å². The van der Waals surface area contributed by atoms with Crippen molar-refractivity contribution in [2.24, 2.45) is 23.2 Å². The van der Waals surface area contributed by atoms with E-state index >= 15 is 0 Å². The number of methoxy groups -OCH3 is 1. The Bertz CT molecular complexity index is 347. The summed E-state index contributed by atoms with van der Waals surface area (Å²) in [4.78, 5) is 12.4. The third kappa shape index (κ3) is 4.73. The standard InChI is InChI=1S/C21H38O2/c1-4-6-7-14-21(20(22)23-3)15-12-19(13-16-21)18-10-8-17(5-2)9-11-18/h17-19H,4-16H2,1-3H3. The highest BCUT2D eigenvalue weighted by molar-refractivity contribution is 5.76. The first-order chi connectivity index (χ1) is 11.1. The van der Waals surface area contributed by atoms with Crippen LogP contribution in [0.5, 0.6) is 0 Å². The summed E-state index contributed by atoms with van der Waals surface area (Å²) in [5.41, 5.74) is -0.152. The predicted molar refractivity (Wildman–Crippen MR) is 96.3 cm³/mol. The van der Waals surface area contributed by atoms with Crippen molar-refractivity contribution in [1.82, 2.24) is 0 Å². The fourth-order valence-electron chi connectivity index (χ4n) is 5.22. The van der Waals surface area contributed by atoms with Crippen molar-refractivity contribution in [3.63, 3.8) is 0 Å². The lowest BCUT2D eigenvalue weighted by Crippen LogP contribution is -2.38. The molecule has 0 N–H and O–H groups in total. The lowest BCUT2D eigenvalue weighted by atomic mass is 9.63. The Hall–Kier alpha value is -0.530. The molecule has 134 valence electrons. The van der Waals surface area contributed by atoms with Crippen molar-refractivity contribution >= 4 is 5.97 Å². The summed E-state index contributed by atoms with van der Waals surface area (Å²) in [7, 11) is 1.57. The molecule has 2 fully saturated rings. The van der Waals surface area contributed by atoms with Crippen molar-refractivity contribution in [1.29, 1.82) is 0 Å². The average molecular weight is 323 g/mol. The quantitative estimate of drug-likeness (QED) is 0.416. The van der Waals surface area contributed by atoms with Crippen LogP contribution in [-0.2, 0) is 9.53 Å². The van der Waals surface area contributed by atoms with E-state index in [0.29, 0.717) is 0 Å². The van der Waals surface area contributed by atoms with E-state index in [1.807, 2.05) is 0 Å². The maximum Gasteiger partial charge on any atom is 0.311 e. The Morgan fingerprint density at radius 1 is 0.957 bits per heavy atom. The summed E-state index contributed by atoms with van der Waals surface area (Å²) in [5, 5.41) is 0. The fourth-order valence-corrected chi connectivity index (χ4v) is 5.22. The number of ether oxygens (including phenoxy) is 1. The van der Waals surface area contributed by atoms with Gasteiger partial charge in [0.2, 0.25) is 0 Å². The number of hydrogen-bond donors (Lipinski definition) is 0. The van der Waals surface area contributed by atoms with E-state index in [0.717, 1.165) is 37.0 Å². The van der Waals surface area contributed by atoms with Gasteiger partial charge in [0.25, 0.3) is 0 Å². The molecule has 23 heavy (non-hydrogen) atoms. The third-order valence-corrected chi connectivity index (χ3v) is 7.00. The first kappa shape index (κ1) is 18.8. The highest BCUT2D eigenvalue weighted by Crippen LogP contribution is 2.48. The molecule has 2 rings (SSSR count). The molecule has 2 saturated carbocycles. The molecule has 0 aromatic rings. The Balaban J connectivity index is 1.87. The Morgan fingerprint density at radius 2 is 1.57 bits per heavy atom. The van der Waals surface area contributed by atoms with Crippen LogP contribution in [0.1, 0.15) is 97.3 Å². The number of carbonyl (C=O) groups is 1. The van der Waals surface area contributed by atoms with Crippen molar-refractivity contribution in [3.8, 4) is 0 Å². The highest BCUT2D eigenvalue weighted by atomic mass is 16.5. The van der Waals surface area contributed by atoms with E-state index in [4.69, 9.17) is 4.74 Å². The number of hydrogen-bond acceptors (Lipinski definition) is 2. The summed E-state index contributed by atoms with van der Waals surface area (Å²) in [6.45, 7) is 4.57. The van der Waals surface area contributed by atoms with E-state index in [2.05, 4.69) is 13.8 Å². The van der Waals surface area contributed by atoms with Gasteiger partial charge in [0, 0.05) is 0 Å². The minimum Gasteiger partial charge on any atom is -0.469 e. The van der Waals surface area contributed by atoms with E-state index in [-0.39, 0.29) is 11.4 Å². The molecule has 0 amide bonds. The Labute approximate surface area is 143 Å². The van der Waals surface area contributed by atoms with E-state index in [1.165, 1.54) is 64.2 Å². The van der Waals surface area contributed by atoms with Gasteiger partial charge in [-0.05, 0) is 62.7 Å². The minimum absolute atomic E-state index is 0.0711. The van der Waals surface area contributed by atoms with Gasteiger partial charge in [0.05, 0.1) is 12.5 Å². The summed E-state index contributed by atoms with van der Waals surface area (Å²) >= 11 is 0. The Kier molecular flexibility index (Phi) is 7.43. The molecule has 0 aromatic heterocycles. The van der Waals surface area contributed by atoms with Crippen LogP contribution >= 0.6 is 0 Å². The van der Waals surface area contributed by atoms with Gasteiger partial charge in [-0.25, -0.2) is 0 Å². The number of rotatable bonds is 7. The molecule has 2 aliphatic rings. The van der Waals surface area contributed by atoms with Crippen LogP contribution in [0.15, 0.2) is 0 Å². The molecule has 0 aromatic carbocycles. The molecule has 0 saturated heterocycles. The molecule has 0 aliphatic heterocycles. The van der Waals surface area contributed by atoms with Crippen LogP contribution < -0.4 is 0 Å². The van der Waals surface area contributed by atoms with Crippen LogP contribution in [0.4, 0.5) is 0 Å². The number of esters is 1. The molecule has 0 spiro atoms. The van der Waals surface area contributed by atoms with Crippen LogP contribution in [0, 0.1) is 23.2 Å². The zero-order valence-corrected chi connectivity index (χ0v) is 15.7. The highest BCUT2D eigenvalue weighted by Gasteiger charge is 2.43. The van der Waals surface area contributed by atoms with Crippen molar-refractivity contribution in [2.45, 2.75) is 97.3 Å². The van der Waals surface area contributed by atoms with Gasteiger partial charge in [-0.3, -0.25) is 4.79 Å². The smallest absolute Gasteiger partial charge is 0.311 e. The zero-order valence-electron chi connectivity index (χ0n) is 15.7. The lowest BCUT2D eigenvalue weighted by molar-refractivity contribution is -0.156. The largest absolute Gasteiger partial charge is 0.469 e. The summed E-state index contributed by atoms with van der Waals surface area (Å²) in [6.07, 6.45) is 16.4. The molecule has 2 nitrogen and oxygen atoms in total. The summed E-state index contributed by atoms with van der Waals surface area (Å²) < 4.78 is 5.19. The van der Waals surface area contributed by atoms with Crippen LogP contribution in [-0.4, -0.2) is 13.1 Å². The van der Waals surface area contributed by atoms with Crippen molar-refractivity contribution < 1.29 is 9.53 Å². The van der Waals surface area contributed by atoms with Crippen LogP contribution in [0.2, 0.25) is 0 Å². The molecular formula is C21H38O2. The van der Waals surface area contributed by atoms with Gasteiger partial charge < -0.3 is 4.74 Å². The monoisotopic (exact) mass is 322 g/mol. The maximum atomic E-state index is 12.4. The molecule has 0 bridgehead atoms. The van der Waals surface area contributed by atoms with Gasteiger partial charge in [-0.15, -0.1) is 0 Å². The zero-order chi connectivity index (χ0) is 16.7. The summed E-state index contributed by atoms with van der Waals surface area (Å²) in [6, 6.07) is 0. The average Bonchev–Trinajstić information content (AvgIpc) is 2.62. The first-order valence-electron chi connectivity index (χ1n) is 10.2. The second-order valence-electron chi connectivity index (χ2n) is 8.26. The molecule has 2 heteroatoms. The van der Waals surface area contributed by atoms with Crippen LogP contribution in [0.25, 0.3) is 0 Å². The SMILES string of the molecule is CCCCCC1(C(=O)OC)CCC(C2CCC(CC)CC2)CC1. The van der Waals surface area contributed by atoms with Gasteiger partial charge in [-0.1, -0.05) is 52.4 Å². The van der Waals surface area contributed by atoms with E-state index in [1.54, 1.807) is 7.11 Å². The molecule has 0 atom stereocenters. The van der Waals surface area contributed by atoms with E-state index in [9.17, 15) is 4.79 Å². The second kappa shape index (κ2) is 9.08. The molecule has 0 unspecified atom stereocenters. The number of unbranched alkanes of at least 4 members (excludes halogenated alkanes) is 2.